The fourth-order valence-corrected chi connectivity index (χ4v) is 6.10. The first-order chi connectivity index (χ1) is 16.2. The number of anilines is 2. The predicted octanol–water partition coefficient (Wildman–Crippen LogP) is 7.62. The molecule has 2 amide bonds. The summed E-state index contributed by atoms with van der Waals surface area (Å²) < 4.78 is 0. The van der Waals surface area contributed by atoms with Crippen LogP contribution in [-0.2, 0) is 19.3 Å². The first-order valence-electron chi connectivity index (χ1n) is 11.8. The summed E-state index contributed by atoms with van der Waals surface area (Å²) in [6.45, 7) is 8.88. The largest absolute Gasteiger partial charge is 0.322 e. The van der Waals surface area contributed by atoms with Crippen LogP contribution in [0.3, 0.4) is 0 Å². The van der Waals surface area contributed by atoms with Gasteiger partial charge in [0.05, 0.1) is 5.56 Å². The molecule has 4 rings (SSSR count). The molecule has 34 heavy (non-hydrogen) atoms. The van der Waals surface area contributed by atoms with E-state index in [9.17, 15) is 9.59 Å². The minimum atomic E-state index is -0.267. The molecule has 3 aromatic rings. The Morgan fingerprint density at radius 2 is 1.82 bits per heavy atom. The van der Waals surface area contributed by atoms with Gasteiger partial charge in [-0.25, -0.2) is 0 Å². The van der Waals surface area contributed by atoms with Gasteiger partial charge in [0.1, 0.15) is 5.00 Å². The molecule has 6 heteroatoms. The second kappa shape index (κ2) is 9.93. The number of carbonyl (C=O) groups is 2. The van der Waals surface area contributed by atoms with Crippen LogP contribution in [0.5, 0.6) is 0 Å². The van der Waals surface area contributed by atoms with E-state index in [1.54, 1.807) is 24.3 Å². The molecule has 1 aliphatic carbocycles. The highest BCUT2D eigenvalue weighted by atomic mass is 35.5. The Labute approximate surface area is 210 Å². The summed E-state index contributed by atoms with van der Waals surface area (Å²) in [5, 5.41) is 7.24. The molecule has 1 atom stereocenters. The highest BCUT2D eigenvalue weighted by Gasteiger charge is 2.34. The molecule has 1 unspecified atom stereocenters. The van der Waals surface area contributed by atoms with Crippen LogP contribution in [0.15, 0.2) is 48.5 Å². The average Bonchev–Trinajstić information content (AvgIpc) is 3.16. The third-order valence-corrected chi connectivity index (χ3v) is 8.08. The summed E-state index contributed by atoms with van der Waals surface area (Å²) in [5.74, 6) is 0.0948. The van der Waals surface area contributed by atoms with Crippen molar-refractivity contribution in [3.63, 3.8) is 0 Å². The van der Waals surface area contributed by atoms with Crippen molar-refractivity contribution < 1.29 is 9.59 Å². The Morgan fingerprint density at radius 3 is 2.53 bits per heavy atom. The third-order valence-electron chi connectivity index (χ3n) is 6.68. The van der Waals surface area contributed by atoms with E-state index in [0.717, 1.165) is 42.5 Å². The molecule has 1 aromatic heterocycles. The van der Waals surface area contributed by atoms with Crippen molar-refractivity contribution >= 4 is 45.4 Å². The van der Waals surface area contributed by atoms with Crippen LogP contribution >= 0.6 is 22.9 Å². The van der Waals surface area contributed by atoms with Gasteiger partial charge in [0, 0.05) is 21.2 Å². The van der Waals surface area contributed by atoms with Gasteiger partial charge in [0.2, 0.25) is 0 Å². The van der Waals surface area contributed by atoms with Crippen LogP contribution in [0.1, 0.15) is 70.8 Å². The minimum Gasteiger partial charge on any atom is -0.322 e. The molecule has 0 saturated carbocycles. The first kappa shape index (κ1) is 24.5. The zero-order chi connectivity index (χ0) is 24.5. The monoisotopic (exact) mass is 494 g/mol. The summed E-state index contributed by atoms with van der Waals surface area (Å²) >= 11 is 7.62. The molecule has 2 N–H and O–H groups in total. The van der Waals surface area contributed by atoms with Crippen molar-refractivity contribution in [2.24, 2.45) is 11.3 Å². The van der Waals surface area contributed by atoms with Crippen molar-refractivity contribution in [3.8, 4) is 0 Å². The number of aryl methyl sites for hydroxylation is 1. The molecule has 0 aliphatic heterocycles. The molecule has 1 heterocycles. The highest BCUT2D eigenvalue weighted by molar-refractivity contribution is 7.17. The molecule has 4 nitrogen and oxygen atoms in total. The Balaban J connectivity index is 1.70. The number of rotatable bonds is 5. The number of amides is 2. The lowest BCUT2D eigenvalue weighted by Crippen LogP contribution is -2.27. The van der Waals surface area contributed by atoms with Crippen molar-refractivity contribution in [2.45, 2.75) is 53.4 Å². The van der Waals surface area contributed by atoms with Gasteiger partial charge in [-0.2, -0.15) is 0 Å². The average molecular weight is 495 g/mol. The third kappa shape index (κ3) is 5.21. The Hall–Kier alpha value is -2.63. The number of nitrogens with one attached hydrogen (secondary N) is 2. The maximum absolute atomic E-state index is 13.6. The summed E-state index contributed by atoms with van der Waals surface area (Å²) in [4.78, 5) is 27.8. The van der Waals surface area contributed by atoms with Crippen molar-refractivity contribution in [2.75, 3.05) is 10.6 Å². The molecule has 1 aliphatic rings. The number of benzene rings is 2. The van der Waals surface area contributed by atoms with Crippen LogP contribution in [0, 0.1) is 11.3 Å². The Kier molecular flexibility index (Phi) is 7.15. The lowest BCUT2D eigenvalue weighted by molar-refractivity contribution is 0.102. The van der Waals surface area contributed by atoms with Crippen molar-refractivity contribution in [1.29, 1.82) is 0 Å². The maximum Gasteiger partial charge on any atom is 0.258 e. The van der Waals surface area contributed by atoms with E-state index in [1.807, 2.05) is 24.3 Å². The fraction of sp³-hybridized carbons (Fsp3) is 0.357. The molecule has 0 saturated heterocycles. The van der Waals surface area contributed by atoms with Gasteiger partial charge in [0.25, 0.3) is 11.8 Å². The quantitative estimate of drug-likeness (QED) is 0.383. The SMILES string of the molecule is CCc1ccccc1NC(=O)c1c(NC(=O)c2cccc(Cl)c2)sc2c1CCC(C(C)(C)C)C2. The van der Waals surface area contributed by atoms with Crippen LogP contribution in [0.2, 0.25) is 5.02 Å². The zero-order valence-corrected chi connectivity index (χ0v) is 21.7. The highest BCUT2D eigenvalue weighted by Crippen LogP contribution is 2.44. The summed E-state index contributed by atoms with van der Waals surface area (Å²) in [5.41, 5.74) is 4.21. The summed E-state index contributed by atoms with van der Waals surface area (Å²) in [7, 11) is 0. The van der Waals surface area contributed by atoms with Gasteiger partial charge >= 0.3 is 0 Å². The smallest absolute Gasteiger partial charge is 0.258 e. The predicted molar refractivity (Wildman–Crippen MR) is 142 cm³/mol. The number of fused-ring (bicyclic) bond motifs is 1. The molecule has 2 aromatic carbocycles. The second-order valence-electron chi connectivity index (χ2n) is 9.94. The van der Waals surface area contributed by atoms with E-state index in [-0.39, 0.29) is 17.2 Å². The lowest BCUT2D eigenvalue weighted by atomic mass is 9.72. The number of hydrogen-bond donors (Lipinski definition) is 2. The zero-order valence-electron chi connectivity index (χ0n) is 20.1. The van der Waals surface area contributed by atoms with Gasteiger partial charge in [0.15, 0.2) is 0 Å². The van der Waals surface area contributed by atoms with E-state index in [4.69, 9.17) is 11.6 Å². The summed E-state index contributed by atoms with van der Waals surface area (Å²) in [6.07, 6.45) is 3.60. The molecule has 0 bridgehead atoms. The van der Waals surface area contributed by atoms with Crippen LogP contribution in [-0.4, -0.2) is 11.8 Å². The van der Waals surface area contributed by atoms with Crippen molar-refractivity contribution in [1.82, 2.24) is 0 Å². The molecular formula is C28H31ClN2O2S. The number of halogens is 1. The number of para-hydroxylation sites is 1. The van der Waals surface area contributed by atoms with Crippen LogP contribution in [0.4, 0.5) is 10.7 Å². The van der Waals surface area contributed by atoms with Crippen LogP contribution in [0.25, 0.3) is 0 Å². The lowest BCUT2D eigenvalue weighted by Gasteiger charge is -2.33. The van der Waals surface area contributed by atoms with Gasteiger partial charge in [-0.3, -0.25) is 9.59 Å². The molecular weight excluding hydrogens is 464 g/mol. The fourth-order valence-electron chi connectivity index (χ4n) is 4.59. The molecule has 0 radical (unpaired) electrons. The number of hydrogen-bond acceptors (Lipinski definition) is 3. The Bertz CT molecular complexity index is 1230. The first-order valence-corrected chi connectivity index (χ1v) is 13.0. The number of carbonyl (C=O) groups excluding carboxylic acids is 2. The van der Waals surface area contributed by atoms with Gasteiger partial charge < -0.3 is 10.6 Å². The topological polar surface area (TPSA) is 58.2 Å². The van der Waals surface area contributed by atoms with Crippen molar-refractivity contribution in [3.05, 3.63) is 80.7 Å². The minimum absolute atomic E-state index is 0.172. The normalized spacial score (nSPS) is 15.5. The molecule has 0 fully saturated rings. The van der Waals surface area contributed by atoms with E-state index < -0.39 is 0 Å². The van der Waals surface area contributed by atoms with Crippen LogP contribution < -0.4 is 10.6 Å². The standard InChI is InChI=1S/C28H31ClN2O2S/c1-5-17-9-6-7-12-22(17)30-26(33)24-21-14-13-19(28(2,3)4)16-23(21)34-27(24)31-25(32)18-10-8-11-20(29)15-18/h6-12,15,19H,5,13-14,16H2,1-4H3,(H,30,33)(H,31,32). The maximum atomic E-state index is 13.6. The van der Waals surface area contributed by atoms with Gasteiger partial charge in [-0.15, -0.1) is 11.3 Å². The van der Waals surface area contributed by atoms with E-state index in [0.29, 0.717) is 27.1 Å². The van der Waals surface area contributed by atoms with E-state index >= 15 is 0 Å². The van der Waals surface area contributed by atoms with Gasteiger partial charge in [-0.1, -0.05) is 63.6 Å². The number of thiophene rings is 1. The Morgan fingerprint density at radius 1 is 1.06 bits per heavy atom. The van der Waals surface area contributed by atoms with E-state index in [2.05, 4.69) is 38.3 Å². The summed E-state index contributed by atoms with van der Waals surface area (Å²) in [6, 6.07) is 14.7. The van der Waals surface area contributed by atoms with Gasteiger partial charge in [-0.05, 0) is 72.4 Å². The van der Waals surface area contributed by atoms with E-state index in [1.165, 1.54) is 16.2 Å². The molecule has 0 spiro atoms. The second-order valence-corrected chi connectivity index (χ2v) is 11.5. The molecule has 178 valence electrons.